The van der Waals surface area contributed by atoms with Crippen LogP contribution in [0.2, 0.25) is 0 Å². The maximum absolute atomic E-state index is 10.7. The molecule has 1 saturated carbocycles. The molecule has 16 heavy (non-hydrogen) atoms. The first kappa shape index (κ1) is 11.2. The predicted molar refractivity (Wildman–Crippen MR) is 64.1 cm³/mol. The lowest BCUT2D eigenvalue weighted by Crippen LogP contribution is -2.03. The van der Waals surface area contributed by atoms with Crippen molar-refractivity contribution in [3.63, 3.8) is 0 Å². The van der Waals surface area contributed by atoms with Gasteiger partial charge in [0.15, 0.2) is 0 Å². The fourth-order valence-electron chi connectivity index (χ4n) is 1.72. The van der Waals surface area contributed by atoms with Crippen LogP contribution in [0.4, 0.5) is 0 Å². The molecular weight excluding hydrogens is 200 g/mol. The van der Waals surface area contributed by atoms with Crippen LogP contribution in [-0.2, 0) is 0 Å². The topological polar surface area (TPSA) is 26.3 Å². The number of carbonyl (C=O) groups excluding carboxylic acids is 1. The largest absolute Gasteiger partial charge is 0.493 e. The van der Waals surface area contributed by atoms with Crippen molar-refractivity contribution < 1.29 is 9.53 Å². The van der Waals surface area contributed by atoms with Gasteiger partial charge in [-0.3, -0.25) is 4.79 Å². The van der Waals surface area contributed by atoms with Crippen molar-refractivity contribution in [2.45, 2.75) is 32.6 Å². The Kier molecular flexibility index (Phi) is 3.28. The molecule has 2 nitrogen and oxygen atoms in total. The van der Waals surface area contributed by atoms with Crippen LogP contribution in [-0.4, -0.2) is 12.9 Å². The van der Waals surface area contributed by atoms with E-state index in [1.807, 2.05) is 18.2 Å². The van der Waals surface area contributed by atoms with Crippen LogP contribution in [0.3, 0.4) is 0 Å². The molecule has 1 aliphatic rings. The maximum Gasteiger partial charge on any atom is 0.150 e. The fraction of sp³-hybridized carbons (Fsp3) is 0.500. The Bertz CT molecular complexity index is 378. The summed E-state index contributed by atoms with van der Waals surface area (Å²) >= 11 is 0. The van der Waals surface area contributed by atoms with Gasteiger partial charge in [-0.2, -0.15) is 0 Å². The number of benzene rings is 1. The molecule has 0 heterocycles. The summed E-state index contributed by atoms with van der Waals surface area (Å²) in [6, 6.07) is 5.67. The van der Waals surface area contributed by atoms with Gasteiger partial charge in [-0.25, -0.2) is 0 Å². The van der Waals surface area contributed by atoms with Crippen molar-refractivity contribution >= 4 is 6.29 Å². The third kappa shape index (κ3) is 2.63. The van der Waals surface area contributed by atoms with Crippen LogP contribution < -0.4 is 4.74 Å². The van der Waals surface area contributed by atoms with Gasteiger partial charge in [0.1, 0.15) is 12.0 Å². The molecule has 2 heteroatoms. The van der Waals surface area contributed by atoms with Crippen molar-refractivity contribution in [2.24, 2.45) is 5.92 Å². The lowest BCUT2D eigenvalue weighted by molar-refractivity contribution is 0.112. The zero-order chi connectivity index (χ0) is 11.5. The van der Waals surface area contributed by atoms with Crippen molar-refractivity contribution in [2.75, 3.05) is 6.61 Å². The van der Waals surface area contributed by atoms with E-state index in [1.54, 1.807) is 0 Å². The Hall–Kier alpha value is -1.31. The summed E-state index contributed by atoms with van der Waals surface area (Å²) in [7, 11) is 0. The number of ether oxygens (including phenoxy) is 1. The molecule has 1 aromatic carbocycles. The van der Waals surface area contributed by atoms with Crippen LogP contribution in [0.5, 0.6) is 5.75 Å². The highest BCUT2D eigenvalue weighted by Gasteiger charge is 2.22. The molecule has 0 amide bonds. The van der Waals surface area contributed by atoms with Gasteiger partial charge in [0.25, 0.3) is 0 Å². The molecule has 0 saturated heterocycles. The lowest BCUT2D eigenvalue weighted by Gasteiger charge is -2.14. The predicted octanol–water partition coefficient (Wildman–Crippen LogP) is 3.41. The van der Waals surface area contributed by atoms with Gasteiger partial charge in [-0.15, -0.1) is 0 Å². The summed E-state index contributed by atoms with van der Waals surface area (Å²) in [6.07, 6.45) is 3.48. The highest BCUT2D eigenvalue weighted by atomic mass is 16.5. The monoisotopic (exact) mass is 218 g/mol. The standard InChI is InChI=1S/C14H18O2/c1-10(2)13-7-12(8-15)5-6-14(13)16-9-11-3-4-11/h5-8,10-11H,3-4,9H2,1-2H3. The second kappa shape index (κ2) is 4.69. The van der Waals surface area contributed by atoms with Gasteiger partial charge in [0.2, 0.25) is 0 Å². The van der Waals surface area contributed by atoms with Gasteiger partial charge in [0, 0.05) is 5.56 Å². The van der Waals surface area contributed by atoms with Gasteiger partial charge in [-0.05, 0) is 48.4 Å². The molecule has 0 atom stereocenters. The van der Waals surface area contributed by atoms with Crippen LogP contribution in [0.15, 0.2) is 18.2 Å². The second-order valence-electron chi connectivity index (χ2n) is 4.82. The van der Waals surface area contributed by atoms with E-state index in [-0.39, 0.29) is 0 Å². The van der Waals surface area contributed by atoms with Gasteiger partial charge >= 0.3 is 0 Å². The lowest BCUT2D eigenvalue weighted by atomic mass is 10.00. The van der Waals surface area contributed by atoms with Crippen molar-refractivity contribution in [1.82, 2.24) is 0 Å². The Balaban J connectivity index is 2.16. The molecule has 2 rings (SSSR count). The molecule has 0 aliphatic heterocycles. The minimum atomic E-state index is 0.383. The molecule has 0 aromatic heterocycles. The van der Waals surface area contributed by atoms with Crippen LogP contribution in [0.1, 0.15) is 48.5 Å². The molecule has 1 aliphatic carbocycles. The van der Waals surface area contributed by atoms with E-state index in [2.05, 4.69) is 13.8 Å². The first-order valence-electron chi connectivity index (χ1n) is 5.92. The minimum Gasteiger partial charge on any atom is -0.493 e. The molecule has 0 unspecified atom stereocenters. The smallest absolute Gasteiger partial charge is 0.150 e. The van der Waals surface area contributed by atoms with E-state index in [0.29, 0.717) is 5.92 Å². The number of carbonyl (C=O) groups is 1. The number of hydrogen-bond donors (Lipinski definition) is 0. The van der Waals surface area contributed by atoms with Crippen molar-refractivity contribution in [3.05, 3.63) is 29.3 Å². The number of aldehydes is 1. The van der Waals surface area contributed by atoms with Gasteiger partial charge in [0.05, 0.1) is 6.61 Å². The normalized spacial score (nSPS) is 15.2. The van der Waals surface area contributed by atoms with E-state index in [1.165, 1.54) is 12.8 Å². The second-order valence-corrected chi connectivity index (χ2v) is 4.82. The van der Waals surface area contributed by atoms with Crippen LogP contribution in [0, 0.1) is 5.92 Å². The van der Waals surface area contributed by atoms with E-state index in [0.717, 1.165) is 35.7 Å². The van der Waals surface area contributed by atoms with E-state index in [9.17, 15) is 4.79 Å². The van der Waals surface area contributed by atoms with Crippen LogP contribution >= 0.6 is 0 Å². The molecular formula is C14H18O2. The average molecular weight is 218 g/mol. The quantitative estimate of drug-likeness (QED) is 0.708. The van der Waals surface area contributed by atoms with E-state index < -0.39 is 0 Å². The fourth-order valence-corrected chi connectivity index (χ4v) is 1.72. The molecule has 1 fully saturated rings. The SMILES string of the molecule is CC(C)c1cc(C=O)ccc1OCC1CC1. The third-order valence-electron chi connectivity index (χ3n) is 2.96. The Labute approximate surface area is 96.6 Å². The molecule has 1 aromatic rings. The first-order chi connectivity index (χ1) is 7.70. The summed E-state index contributed by atoms with van der Waals surface area (Å²) in [4.78, 5) is 10.7. The van der Waals surface area contributed by atoms with Crippen molar-refractivity contribution in [1.29, 1.82) is 0 Å². The van der Waals surface area contributed by atoms with Gasteiger partial charge < -0.3 is 4.74 Å². The van der Waals surface area contributed by atoms with E-state index >= 15 is 0 Å². The number of hydrogen-bond acceptors (Lipinski definition) is 2. The number of rotatable bonds is 5. The molecule has 0 radical (unpaired) electrons. The third-order valence-corrected chi connectivity index (χ3v) is 2.96. The van der Waals surface area contributed by atoms with E-state index in [4.69, 9.17) is 4.74 Å². The minimum absolute atomic E-state index is 0.383. The van der Waals surface area contributed by atoms with Crippen LogP contribution in [0.25, 0.3) is 0 Å². The zero-order valence-corrected chi connectivity index (χ0v) is 9.90. The Morgan fingerprint density at radius 2 is 2.19 bits per heavy atom. The maximum atomic E-state index is 10.7. The summed E-state index contributed by atoms with van der Waals surface area (Å²) in [5.41, 5.74) is 1.85. The first-order valence-corrected chi connectivity index (χ1v) is 5.92. The highest BCUT2D eigenvalue weighted by molar-refractivity contribution is 5.75. The molecule has 0 bridgehead atoms. The molecule has 0 N–H and O–H groups in total. The van der Waals surface area contributed by atoms with Gasteiger partial charge in [-0.1, -0.05) is 13.8 Å². The summed E-state index contributed by atoms with van der Waals surface area (Å²) in [5.74, 6) is 2.08. The Morgan fingerprint density at radius 3 is 2.75 bits per heavy atom. The molecule has 0 spiro atoms. The summed E-state index contributed by atoms with van der Waals surface area (Å²) in [6.45, 7) is 5.06. The molecule has 86 valence electrons. The van der Waals surface area contributed by atoms with Crippen molar-refractivity contribution in [3.8, 4) is 5.75 Å². The highest BCUT2D eigenvalue weighted by Crippen LogP contribution is 2.32. The summed E-state index contributed by atoms with van der Waals surface area (Å²) < 4.78 is 5.81. The zero-order valence-electron chi connectivity index (χ0n) is 9.90. The summed E-state index contributed by atoms with van der Waals surface area (Å²) in [5, 5.41) is 0. The Morgan fingerprint density at radius 1 is 1.44 bits per heavy atom. The average Bonchev–Trinajstić information content (AvgIpc) is 3.09.